The summed E-state index contributed by atoms with van der Waals surface area (Å²) >= 11 is 0. The molecule has 1 saturated heterocycles. The number of benzene rings is 3. The van der Waals surface area contributed by atoms with Crippen molar-refractivity contribution in [1.29, 1.82) is 0 Å². The Kier molecular flexibility index (Phi) is 5.10. The molecule has 5 heteroatoms. The molecule has 1 aliphatic carbocycles. The minimum absolute atomic E-state index is 0.00450. The molecule has 2 fully saturated rings. The number of nitrogens with zero attached hydrogens (tertiary/aromatic N) is 1. The zero-order valence-electron chi connectivity index (χ0n) is 17.8. The van der Waals surface area contributed by atoms with Crippen LogP contribution in [0.1, 0.15) is 41.6 Å². The van der Waals surface area contributed by atoms with E-state index < -0.39 is 0 Å². The topological polar surface area (TPSA) is 61.4 Å². The van der Waals surface area contributed by atoms with Crippen molar-refractivity contribution in [2.75, 3.05) is 28.6 Å². The van der Waals surface area contributed by atoms with Gasteiger partial charge in [0.1, 0.15) is 0 Å². The number of nitrogens with one attached hydrogen (secondary N) is 2. The average molecular weight is 414 g/mol. The number of hydrogen-bond donors (Lipinski definition) is 2. The third-order valence-corrected chi connectivity index (χ3v) is 6.24. The van der Waals surface area contributed by atoms with Gasteiger partial charge in [0.2, 0.25) is 5.91 Å². The average Bonchev–Trinajstić information content (AvgIpc) is 3.48. The number of carbonyl (C=O) groups is 2. The fraction of sp³-hybridized carbons (Fsp3) is 0.308. The second-order valence-electron chi connectivity index (χ2n) is 8.66. The number of carbonyl (C=O) groups excluding carboxylic acids is 2. The summed E-state index contributed by atoms with van der Waals surface area (Å²) in [6.07, 6.45) is 4.30. The molecule has 2 aliphatic rings. The molecule has 2 N–H and O–H groups in total. The normalized spacial score (nSPS) is 15.8. The molecule has 0 spiro atoms. The van der Waals surface area contributed by atoms with Crippen LogP contribution in [0.25, 0.3) is 10.8 Å². The Morgan fingerprint density at radius 2 is 1.61 bits per heavy atom. The van der Waals surface area contributed by atoms with Gasteiger partial charge in [-0.25, -0.2) is 0 Å². The maximum atomic E-state index is 13.2. The van der Waals surface area contributed by atoms with Crippen molar-refractivity contribution < 1.29 is 9.59 Å². The van der Waals surface area contributed by atoms with Crippen LogP contribution < -0.4 is 15.5 Å². The molecule has 0 unspecified atom stereocenters. The molecule has 5 rings (SSSR count). The minimum Gasteiger partial charge on any atom is -0.371 e. The molecule has 0 bridgehead atoms. The van der Waals surface area contributed by atoms with Crippen LogP contribution in [0.2, 0.25) is 0 Å². The number of rotatable bonds is 5. The maximum Gasteiger partial charge on any atom is 0.257 e. The van der Waals surface area contributed by atoms with Gasteiger partial charge in [-0.1, -0.05) is 24.3 Å². The van der Waals surface area contributed by atoms with Gasteiger partial charge < -0.3 is 15.5 Å². The predicted molar refractivity (Wildman–Crippen MR) is 126 cm³/mol. The first-order valence-corrected chi connectivity index (χ1v) is 11.1. The van der Waals surface area contributed by atoms with E-state index in [2.05, 4.69) is 28.5 Å². The highest BCUT2D eigenvalue weighted by molar-refractivity contribution is 6.13. The van der Waals surface area contributed by atoms with Crippen LogP contribution in [0.4, 0.5) is 17.1 Å². The number of amides is 2. The van der Waals surface area contributed by atoms with Crippen LogP contribution in [-0.4, -0.2) is 24.9 Å². The summed E-state index contributed by atoms with van der Waals surface area (Å²) < 4.78 is 0. The Bertz CT molecular complexity index is 1160. The quantitative estimate of drug-likeness (QED) is 0.593. The minimum atomic E-state index is -0.217. The van der Waals surface area contributed by atoms with E-state index >= 15 is 0 Å². The number of hydrogen-bond acceptors (Lipinski definition) is 3. The van der Waals surface area contributed by atoms with Gasteiger partial charge in [-0.15, -0.1) is 0 Å². The highest BCUT2D eigenvalue weighted by Crippen LogP contribution is 2.32. The second-order valence-corrected chi connectivity index (χ2v) is 8.66. The van der Waals surface area contributed by atoms with E-state index in [1.54, 1.807) is 0 Å². The molecule has 3 aromatic rings. The highest BCUT2D eigenvalue weighted by atomic mass is 16.2. The lowest BCUT2D eigenvalue weighted by molar-refractivity contribution is -0.117. The van der Waals surface area contributed by atoms with Crippen LogP contribution in [-0.2, 0) is 4.79 Å². The lowest BCUT2D eigenvalue weighted by Crippen LogP contribution is -2.20. The summed E-state index contributed by atoms with van der Waals surface area (Å²) in [5, 5.41) is 7.98. The van der Waals surface area contributed by atoms with Gasteiger partial charge >= 0.3 is 0 Å². The van der Waals surface area contributed by atoms with Crippen LogP contribution >= 0.6 is 0 Å². The first kappa shape index (κ1) is 19.6. The molecule has 2 amide bonds. The Hall–Kier alpha value is -3.34. The van der Waals surface area contributed by atoms with E-state index in [9.17, 15) is 9.59 Å². The molecule has 0 radical (unpaired) electrons. The highest BCUT2D eigenvalue weighted by Gasteiger charge is 2.30. The Morgan fingerprint density at radius 3 is 2.29 bits per heavy atom. The van der Waals surface area contributed by atoms with E-state index in [4.69, 9.17) is 0 Å². The SMILES string of the molecule is Cc1cc(NC(=O)c2cc3ccccc3cc2NC(=O)C2CC2)ccc1N1CCCC1. The fourth-order valence-corrected chi connectivity index (χ4v) is 4.36. The van der Waals surface area contributed by atoms with Gasteiger partial charge in [-0.05, 0) is 79.3 Å². The van der Waals surface area contributed by atoms with Gasteiger partial charge in [0.05, 0.1) is 11.3 Å². The third-order valence-electron chi connectivity index (χ3n) is 6.24. The van der Waals surface area contributed by atoms with Crippen molar-refractivity contribution >= 4 is 39.6 Å². The van der Waals surface area contributed by atoms with E-state index in [1.807, 2.05) is 48.5 Å². The largest absolute Gasteiger partial charge is 0.371 e. The Balaban J connectivity index is 1.43. The summed E-state index contributed by atoms with van der Waals surface area (Å²) in [6.45, 7) is 4.27. The lowest BCUT2D eigenvalue weighted by Gasteiger charge is -2.21. The Morgan fingerprint density at radius 1 is 0.903 bits per heavy atom. The molecule has 5 nitrogen and oxygen atoms in total. The monoisotopic (exact) mass is 413 g/mol. The smallest absolute Gasteiger partial charge is 0.257 e. The molecule has 1 saturated carbocycles. The number of fused-ring (bicyclic) bond motifs is 1. The van der Waals surface area contributed by atoms with Gasteiger partial charge in [-0.3, -0.25) is 9.59 Å². The molecule has 3 aromatic carbocycles. The molecule has 0 atom stereocenters. The molecule has 31 heavy (non-hydrogen) atoms. The summed E-state index contributed by atoms with van der Waals surface area (Å²) in [5.74, 6) is -0.150. The molecule has 1 aliphatic heterocycles. The number of anilines is 3. The van der Waals surface area contributed by atoms with Gasteiger partial charge in [0.25, 0.3) is 5.91 Å². The summed E-state index contributed by atoms with van der Waals surface area (Å²) in [4.78, 5) is 28.0. The van der Waals surface area contributed by atoms with Crippen LogP contribution in [0.3, 0.4) is 0 Å². The van der Waals surface area contributed by atoms with E-state index in [0.29, 0.717) is 11.3 Å². The first-order chi connectivity index (χ1) is 15.1. The van der Waals surface area contributed by atoms with Crippen LogP contribution in [0.15, 0.2) is 54.6 Å². The molecule has 158 valence electrons. The van der Waals surface area contributed by atoms with Crippen molar-refractivity contribution in [2.24, 2.45) is 5.92 Å². The van der Waals surface area contributed by atoms with Crippen LogP contribution in [0, 0.1) is 12.8 Å². The standard InChI is InChI=1S/C26H27N3O2/c1-17-14-21(10-11-24(17)29-12-4-5-13-29)27-26(31)22-15-19-6-2-3-7-20(19)16-23(22)28-25(30)18-8-9-18/h2-3,6-7,10-11,14-16,18H,4-5,8-9,12-13H2,1H3,(H,27,31)(H,28,30). The Labute approximate surface area is 182 Å². The molecule has 1 heterocycles. The van der Waals surface area contributed by atoms with E-state index in [1.165, 1.54) is 18.5 Å². The number of aryl methyl sites for hydroxylation is 1. The van der Waals surface area contributed by atoms with Crippen molar-refractivity contribution in [2.45, 2.75) is 32.6 Å². The second kappa shape index (κ2) is 8.06. The van der Waals surface area contributed by atoms with Gasteiger partial charge in [0, 0.05) is 30.4 Å². The van der Waals surface area contributed by atoms with Crippen molar-refractivity contribution in [1.82, 2.24) is 0 Å². The zero-order chi connectivity index (χ0) is 21.4. The predicted octanol–water partition coefficient (Wildman–Crippen LogP) is 5.35. The van der Waals surface area contributed by atoms with E-state index in [-0.39, 0.29) is 17.7 Å². The summed E-state index contributed by atoms with van der Waals surface area (Å²) in [7, 11) is 0. The molecule has 0 aromatic heterocycles. The summed E-state index contributed by atoms with van der Waals surface area (Å²) in [6, 6.07) is 17.7. The van der Waals surface area contributed by atoms with Gasteiger partial charge in [0.15, 0.2) is 0 Å². The van der Waals surface area contributed by atoms with E-state index in [0.717, 1.165) is 48.0 Å². The summed E-state index contributed by atoms with van der Waals surface area (Å²) in [5.41, 5.74) is 4.20. The van der Waals surface area contributed by atoms with Crippen molar-refractivity contribution in [3.8, 4) is 0 Å². The van der Waals surface area contributed by atoms with Crippen LogP contribution in [0.5, 0.6) is 0 Å². The molecular weight excluding hydrogens is 386 g/mol. The van der Waals surface area contributed by atoms with Gasteiger partial charge in [-0.2, -0.15) is 0 Å². The third kappa shape index (κ3) is 4.13. The molecular formula is C26H27N3O2. The zero-order valence-corrected chi connectivity index (χ0v) is 17.8. The van der Waals surface area contributed by atoms with Crippen molar-refractivity contribution in [3.63, 3.8) is 0 Å². The van der Waals surface area contributed by atoms with Crippen molar-refractivity contribution in [3.05, 3.63) is 65.7 Å². The maximum absolute atomic E-state index is 13.2. The lowest BCUT2D eigenvalue weighted by atomic mass is 10.0. The fourth-order valence-electron chi connectivity index (χ4n) is 4.36. The first-order valence-electron chi connectivity index (χ1n) is 11.1.